The molecular weight excluding hydrogens is 689 g/mol. The Morgan fingerprint density at radius 2 is 0.673 bits per heavy atom. The van der Waals surface area contributed by atoms with E-state index >= 15 is 0 Å². The summed E-state index contributed by atoms with van der Waals surface area (Å²) in [7, 11) is 0. The van der Waals surface area contributed by atoms with E-state index in [0.717, 1.165) is 0 Å². The molecule has 0 aliphatic carbocycles. The molecule has 5 aromatic heterocycles. The quantitative estimate of drug-likeness (QED) is 0.0868. The van der Waals surface area contributed by atoms with Crippen LogP contribution >= 0.6 is 56.7 Å². The van der Waals surface area contributed by atoms with Crippen LogP contribution in [0.1, 0.15) is 76.3 Å². The number of hydrogen-bond donors (Lipinski definition) is 0. The molecule has 0 saturated heterocycles. The van der Waals surface area contributed by atoms with Crippen molar-refractivity contribution >= 4 is 56.7 Å². The maximum atomic E-state index is 2.41. The van der Waals surface area contributed by atoms with E-state index in [1.165, 1.54) is 124 Å². The van der Waals surface area contributed by atoms with Gasteiger partial charge in [-0.15, -0.1) is 56.7 Å². The van der Waals surface area contributed by atoms with Crippen LogP contribution in [0.4, 0.5) is 0 Å². The van der Waals surface area contributed by atoms with Gasteiger partial charge in [0.1, 0.15) is 0 Å². The van der Waals surface area contributed by atoms with E-state index in [2.05, 4.69) is 134 Å². The highest BCUT2D eigenvalue weighted by molar-refractivity contribution is 7.30. The molecule has 0 fully saturated rings. The second-order valence-corrected chi connectivity index (χ2v) is 18.1. The molecule has 7 aromatic rings. The molecule has 250 valence electrons. The molecule has 0 aliphatic rings. The van der Waals surface area contributed by atoms with Crippen molar-refractivity contribution in [1.82, 2.24) is 0 Å². The highest BCUT2D eigenvalue weighted by atomic mass is 32.1. The first kappa shape index (κ1) is 34.4. The van der Waals surface area contributed by atoms with Crippen LogP contribution in [0.5, 0.6) is 0 Å². The molecule has 0 spiro atoms. The lowest BCUT2D eigenvalue weighted by Crippen LogP contribution is -1.95. The Morgan fingerprint density at radius 3 is 1.06 bits per heavy atom. The SMILES string of the molecule is CCCCCCc1c(-c2ccc(-c3ccc(-c4ccccc4)s3)s2)sc(-c2ccc(-c3ccc(-c4ccccc4)s3)s2)c1CCCCCC. The Morgan fingerprint density at radius 1 is 0.327 bits per heavy atom. The average Bonchev–Trinajstić information content (AvgIpc) is 3.99. The van der Waals surface area contributed by atoms with Crippen molar-refractivity contribution in [2.45, 2.75) is 78.1 Å². The van der Waals surface area contributed by atoms with E-state index < -0.39 is 0 Å². The van der Waals surface area contributed by atoms with Gasteiger partial charge < -0.3 is 0 Å². The molecule has 0 aliphatic heterocycles. The fourth-order valence-electron chi connectivity index (χ4n) is 6.52. The lowest BCUT2D eigenvalue weighted by Gasteiger charge is -2.09. The number of rotatable bonds is 16. The molecule has 49 heavy (non-hydrogen) atoms. The van der Waals surface area contributed by atoms with Crippen LogP contribution < -0.4 is 0 Å². The minimum atomic E-state index is 1.18. The Labute approximate surface area is 312 Å². The number of thiophene rings is 5. The van der Waals surface area contributed by atoms with Crippen molar-refractivity contribution in [3.63, 3.8) is 0 Å². The standard InChI is InChI=1S/C44H44S5/c1-3-5-7-15-21-33-34(22-16-8-6-4-2)44(42-30-28-40(48-42)38-26-24-36(46-38)32-19-13-10-14-20-32)49-43(33)41-29-27-39(47-41)37-25-23-35(45-37)31-17-11-9-12-18-31/h9-14,17-20,23-30H,3-8,15-16,21-22H2,1-2H3. The zero-order chi connectivity index (χ0) is 33.4. The van der Waals surface area contributed by atoms with Crippen molar-refractivity contribution in [2.24, 2.45) is 0 Å². The first-order valence-electron chi connectivity index (χ1n) is 17.9. The predicted octanol–water partition coefficient (Wildman–Crippen LogP) is 16.2. The molecule has 0 unspecified atom stereocenters. The van der Waals surface area contributed by atoms with Gasteiger partial charge in [-0.25, -0.2) is 0 Å². The molecule has 7 rings (SSSR count). The molecule has 5 heteroatoms. The lowest BCUT2D eigenvalue weighted by atomic mass is 9.96. The van der Waals surface area contributed by atoms with Crippen LogP contribution in [0.15, 0.2) is 109 Å². The van der Waals surface area contributed by atoms with Crippen LogP contribution in [-0.2, 0) is 12.8 Å². The van der Waals surface area contributed by atoms with E-state index in [9.17, 15) is 0 Å². The van der Waals surface area contributed by atoms with Gasteiger partial charge in [0.25, 0.3) is 0 Å². The highest BCUT2D eigenvalue weighted by Gasteiger charge is 2.23. The molecule has 0 atom stereocenters. The summed E-state index contributed by atoms with van der Waals surface area (Å²) < 4.78 is 0. The summed E-state index contributed by atoms with van der Waals surface area (Å²) in [6.45, 7) is 4.64. The topological polar surface area (TPSA) is 0 Å². The van der Waals surface area contributed by atoms with Crippen LogP contribution in [0.25, 0.3) is 59.9 Å². The molecule has 0 saturated carbocycles. The van der Waals surface area contributed by atoms with Gasteiger partial charge in [-0.1, -0.05) is 113 Å². The van der Waals surface area contributed by atoms with E-state index in [4.69, 9.17) is 0 Å². The molecule has 0 bridgehead atoms. The maximum Gasteiger partial charge on any atom is 0.0484 e. The minimum Gasteiger partial charge on any atom is -0.134 e. The molecule has 0 amide bonds. The van der Waals surface area contributed by atoms with E-state index in [1.807, 2.05) is 45.3 Å². The third-order valence-electron chi connectivity index (χ3n) is 9.15. The largest absolute Gasteiger partial charge is 0.134 e. The molecule has 2 aromatic carbocycles. The molecule has 5 heterocycles. The summed E-state index contributed by atoms with van der Waals surface area (Å²) in [5, 5.41) is 0. The van der Waals surface area contributed by atoms with Gasteiger partial charge >= 0.3 is 0 Å². The van der Waals surface area contributed by atoms with Crippen LogP contribution in [0, 0.1) is 0 Å². The molecule has 0 nitrogen and oxygen atoms in total. The number of unbranched alkanes of at least 4 members (excludes halogenated alkanes) is 6. The smallest absolute Gasteiger partial charge is 0.0484 e. The van der Waals surface area contributed by atoms with Gasteiger partial charge in [0.2, 0.25) is 0 Å². The monoisotopic (exact) mass is 732 g/mol. The Bertz CT molecular complexity index is 1900. The summed E-state index contributed by atoms with van der Waals surface area (Å²) in [6, 6.07) is 40.3. The van der Waals surface area contributed by atoms with Gasteiger partial charge in [-0.2, -0.15) is 0 Å². The average molecular weight is 733 g/mol. The summed E-state index contributed by atoms with van der Waals surface area (Å²) in [5.41, 5.74) is 5.87. The number of hydrogen-bond acceptors (Lipinski definition) is 5. The molecular formula is C44H44S5. The summed E-state index contributed by atoms with van der Waals surface area (Å²) in [4.78, 5) is 14.1. The third-order valence-corrected chi connectivity index (χ3v) is 15.6. The van der Waals surface area contributed by atoms with E-state index in [-0.39, 0.29) is 0 Å². The zero-order valence-corrected chi connectivity index (χ0v) is 32.6. The van der Waals surface area contributed by atoms with Crippen molar-refractivity contribution < 1.29 is 0 Å². The van der Waals surface area contributed by atoms with Gasteiger partial charge in [-0.3, -0.25) is 0 Å². The second-order valence-electron chi connectivity index (χ2n) is 12.7. The highest BCUT2D eigenvalue weighted by Crippen LogP contribution is 2.50. The van der Waals surface area contributed by atoms with Crippen molar-refractivity contribution in [3.05, 3.63) is 120 Å². The summed E-state index contributed by atoms with van der Waals surface area (Å²) in [6.07, 6.45) is 12.7. The van der Waals surface area contributed by atoms with Gasteiger partial charge in [0.15, 0.2) is 0 Å². The van der Waals surface area contributed by atoms with Gasteiger partial charge in [-0.05, 0) is 96.5 Å². The zero-order valence-electron chi connectivity index (χ0n) is 28.5. The second kappa shape index (κ2) is 16.8. The van der Waals surface area contributed by atoms with Crippen molar-refractivity contribution in [3.8, 4) is 59.9 Å². The third kappa shape index (κ3) is 8.13. The van der Waals surface area contributed by atoms with E-state index in [1.54, 1.807) is 11.1 Å². The predicted molar refractivity (Wildman–Crippen MR) is 224 cm³/mol. The number of benzene rings is 2. The Hall–Kier alpha value is -3.06. The first-order chi connectivity index (χ1) is 24.2. The lowest BCUT2D eigenvalue weighted by molar-refractivity contribution is 0.653. The molecule has 0 N–H and O–H groups in total. The first-order valence-corrected chi connectivity index (χ1v) is 22.0. The van der Waals surface area contributed by atoms with Gasteiger partial charge in [0.05, 0.1) is 0 Å². The Kier molecular flexibility index (Phi) is 11.8. The Balaban J connectivity index is 1.24. The normalized spacial score (nSPS) is 11.5. The molecule has 0 radical (unpaired) electrons. The maximum absolute atomic E-state index is 2.41. The van der Waals surface area contributed by atoms with Crippen molar-refractivity contribution in [2.75, 3.05) is 0 Å². The summed E-state index contributed by atoms with van der Waals surface area (Å²) in [5.74, 6) is 0. The van der Waals surface area contributed by atoms with E-state index in [0.29, 0.717) is 0 Å². The van der Waals surface area contributed by atoms with Crippen LogP contribution in [-0.4, -0.2) is 0 Å². The fraction of sp³-hybridized carbons (Fsp3) is 0.273. The van der Waals surface area contributed by atoms with Crippen LogP contribution in [0.2, 0.25) is 0 Å². The minimum absolute atomic E-state index is 1.18. The summed E-state index contributed by atoms with van der Waals surface area (Å²) >= 11 is 9.85. The van der Waals surface area contributed by atoms with Crippen LogP contribution in [0.3, 0.4) is 0 Å². The van der Waals surface area contributed by atoms with Gasteiger partial charge in [0, 0.05) is 48.8 Å². The fourth-order valence-corrected chi connectivity index (χ4v) is 12.4. The van der Waals surface area contributed by atoms with Crippen molar-refractivity contribution in [1.29, 1.82) is 0 Å².